The number of urea groups is 1. The first-order valence-electron chi connectivity index (χ1n) is 11.4. The topological polar surface area (TPSA) is 51.3 Å². The van der Waals surface area contributed by atoms with Crippen LogP contribution >= 0.6 is 0 Å². The highest BCUT2D eigenvalue weighted by Gasteiger charge is 2.41. The van der Waals surface area contributed by atoms with Gasteiger partial charge in [0.2, 0.25) is 0 Å². The second kappa shape index (κ2) is 9.28. The number of carbonyl (C=O) groups is 1. The molecule has 28 heavy (non-hydrogen) atoms. The van der Waals surface area contributed by atoms with E-state index in [1.54, 1.807) is 0 Å². The summed E-state index contributed by atoms with van der Waals surface area (Å²) in [7, 11) is 2.20. The molecule has 160 valence electrons. The van der Waals surface area contributed by atoms with Crippen LogP contribution in [0.4, 0.5) is 4.79 Å². The summed E-state index contributed by atoms with van der Waals surface area (Å²) in [5.74, 6) is 0. The molecule has 0 spiro atoms. The lowest BCUT2D eigenvalue weighted by molar-refractivity contribution is -0.0439. The molecule has 1 atom stereocenters. The largest absolute Gasteiger partial charge is 0.379 e. The SMILES string of the molecule is CN1CCC(CNC(=O)N2CCCC2CN2CCCC2)(N2CCOCC2)CC1. The molecule has 0 aromatic heterocycles. The Morgan fingerprint density at radius 3 is 2.43 bits per heavy atom. The fourth-order valence-electron chi connectivity index (χ4n) is 5.58. The molecule has 4 aliphatic rings. The van der Waals surface area contributed by atoms with E-state index in [1.807, 2.05) is 0 Å². The first-order chi connectivity index (χ1) is 13.7. The lowest BCUT2D eigenvalue weighted by Crippen LogP contribution is -2.63. The van der Waals surface area contributed by atoms with Gasteiger partial charge < -0.3 is 24.8 Å². The predicted octanol–water partition coefficient (Wildman–Crippen LogP) is 1.05. The highest BCUT2D eigenvalue weighted by Crippen LogP contribution is 2.29. The number of amides is 2. The van der Waals surface area contributed by atoms with Crippen LogP contribution in [0.15, 0.2) is 0 Å². The fourth-order valence-corrected chi connectivity index (χ4v) is 5.58. The second-order valence-electron chi connectivity index (χ2n) is 9.28. The molecule has 0 aromatic carbocycles. The Hall–Kier alpha value is -0.890. The van der Waals surface area contributed by atoms with Crippen LogP contribution in [0.1, 0.15) is 38.5 Å². The van der Waals surface area contributed by atoms with Gasteiger partial charge in [-0.1, -0.05) is 0 Å². The lowest BCUT2D eigenvalue weighted by atomic mass is 9.85. The van der Waals surface area contributed by atoms with Gasteiger partial charge in [0.05, 0.1) is 13.2 Å². The minimum Gasteiger partial charge on any atom is -0.379 e. The molecule has 4 saturated heterocycles. The van der Waals surface area contributed by atoms with Crippen molar-refractivity contribution in [3.63, 3.8) is 0 Å². The molecule has 4 heterocycles. The van der Waals surface area contributed by atoms with Gasteiger partial charge in [-0.2, -0.15) is 0 Å². The van der Waals surface area contributed by atoms with E-state index in [4.69, 9.17) is 4.74 Å². The van der Waals surface area contributed by atoms with Crippen molar-refractivity contribution >= 4 is 6.03 Å². The third kappa shape index (κ3) is 4.64. The first kappa shape index (κ1) is 20.4. The molecular weight excluding hydrogens is 354 g/mol. The maximum Gasteiger partial charge on any atom is 0.317 e. The Labute approximate surface area is 170 Å². The molecule has 7 nitrogen and oxygen atoms in total. The number of nitrogens with one attached hydrogen (secondary N) is 1. The zero-order valence-corrected chi connectivity index (χ0v) is 17.7. The number of ether oxygens (including phenoxy) is 1. The van der Waals surface area contributed by atoms with Crippen LogP contribution < -0.4 is 5.32 Å². The average Bonchev–Trinajstić information content (AvgIpc) is 3.41. The Kier molecular flexibility index (Phi) is 6.76. The van der Waals surface area contributed by atoms with Crippen molar-refractivity contribution in [1.82, 2.24) is 24.9 Å². The van der Waals surface area contributed by atoms with Gasteiger partial charge in [-0.15, -0.1) is 0 Å². The van der Waals surface area contributed by atoms with Crippen LogP contribution in [-0.4, -0.2) is 116 Å². The molecule has 1 N–H and O–H groups in total. The number of likely N-dealkylation sites (tertiary alicyclic amines) is 3. The van der Waals surface area contributed by atoms with E-state index < -0.39 is 0 Å². The molecule has 0 aromatic rings. The van der Waals surface area contributed by atoms with Crippen molar-refractivity contribution in [1.29, 1.82) is 0 Å². The van der Waals surface area contributed by atoms with Gasteiger partial charge in [0.25, 0.3) is 0 Å². The standard InChI is InChI=1S/C21H39N5O2/c1-23-11-6-21(7-12-23,25-13-15-28-16-14-25)18-22-20(27)26-10-4-5-19(26)17-24-8-2-3-9-24/h19H,2-18H2,1H3,(H,22,27). The molecule has 0 saturated carbocycles. The minimum atomic E-state index is 0.0934. The summed E-state index contributed by atoms with van der Waals surface area (Å²) in [6.07, 6.45) is 7.18. The molecule has 7 heteroatoms. The van der Waals surface area contributed by atoms with Gasteiger partial charge in [-0.05, 0) is 71.8 Å². The molecular formula is C21H39N5O2. The summed E-state index contributed by atoms with van der Waals surface area (Å²) in [6.45, 7) is 11.0. The number of piperidine rings is 1. The number of hydrogen-bond donors (Lipinski definition) is 1. The highest BCUT2D eigenvalue weighted by atomic mass is 16.5. The van der Waals surface area contributed by atoms with Gasteiger partial charge in [0.1, 0.15) is 0 Å². The summed E-state index contributed by atoms with van der Waals surface area (Å²) in [4.78, 5) is 22.8. The van der Waals surface area contributed by atoms with Crippen molar-refractivity contribution in [3.8, 4) is 0 Å². The average molecular weight is 394 g/mol. The molecule has 0 radical (unpaired) electrons. The molecule has 1 unspecified atom stereocenters. The first-order valence-corrected chi connectivity index (χ1v) is 11.4. The third-order valence-corrected chi connectivity index (χ3v) is 7.47. The highest BCUT2D eigenvalue weighted by molar-refractivity contribution is 5.75. The summed E-state index contributed by atoms with van der Waals surface area (Å²) in [6, 6.07) is 0.559. The quantitative estimate of drug-likeness (QED) is 0.757. The maximum absolute atomic E-state index is 13.1. The van der Waals surface area contributed by atoms with Gasteiger partial charge >= 0.3 is 6.03 Å². The minimum absolute atomic E-state index is 0.0934. The van der Waals surface area contributed by atoms with Crippen molar-refractivity contribution in [2.45, 2.75) is 50.1 Å². The van der Waals surface area contributed by atoms with Crippen LogP contribution in [0.3, 0.4) is 0 Å². The van der Waals surface area contributed by atoms with Crippen LogP contribution in [-0.2, 0) is 4.74 Å². The Morgan fingerprint density at radius 2 is 1.71 bits per heavy atom. The Balaban J connectivity index is 1.35. The van der Waals surface area contributed by atoms with E-state index in [0.717, 1.165) is 84.7 Å². The van der Waals surface area contributed by atoms with Crippen molar-refractivity contribution in [2.24, 2.45) is 0 Å². The fraction of sp³-hybridized carbons (Fsp3) is 0.952. The number of carbonyl (C=O) groups excluding carboxylic acids is 1. The van der Waals surface area contributed by atoms with Crippen molar-refractivity contribution in [3.05, 3.63) is 0 Å². The smallest absolute Gasteiger partial charge is 0.317 e. The van der Waals surface area contributed by atoms with Gasteiger partial charge in [0, 0.05) is 44.3 Å². The van der Waals surface area contributed by atoms with E-state index in [9.17, 15) is 4.79 Å². The molecule has 4 aliphatic heterocycles. The van der Waals surface area contributed by atoms with E-state index in [0.29, 0.717) is 6.04 Å². The lowest BCUT2D eigenvalue weighted by Gasteiger charge is -2.50. The normalized spacial score (nSPS) is 30.0. The van der Waals surface area contributed by atoms with Crippen molar-refractivity contribution in [2.75, 3.05) is 79.2 Å². The van der Waals surface area contributed by atoms with E-state index in [1.165, 1.54) is 25.9 Å². The second-order valence-corrected chi connectivity index (χ2v) is 9.28. The molecule has 4 fully saturated rings. The zero-order valence-electron chi connectivity index (χ0n) is 17.7. The van der Waals surface area contributed by atoms with Gasteiger partial charge in [-0.25, -0.2) is 4.79 Å². The van der Waals surface area contributed by atoms with E-state index >= 15 is 0 Å². The molecule has 0 bridgehead atoms. The van der Waals surface area contributed by atoms with Crippen molar-refractivity contribution < 1.29 is 9.53 Å². The molecule has 2 amide bonds. The summed E-state index contributed by atoms with van der Waals surface area (Å²) in [5, 5.41) is 3.37. The van der Waals surface area contributed by atoms with Crippen LogP contribution in [0.2, 0.25) is 0 Å². The van der Waals surface area contributed by atoms with E-state index in [2.05, 4.69) is 32.0 Å². The van der Waals surface area contributed by atoms with Crippen LogP contribution in [0.5, 0.6) is 0 Å². The monoisotopic (exact) mass is 393 g/mol. The third-order valence-electron chi connectivity index (χ3n) is 7.47. The summed E-state index contributed by atoms with van der Waals surface area (Å²) < 4.78 is 5.59. The number of rotatable bonds is 5. The number of hydrogen-bond acceptors (Lipinski definition) is 5. The van der Waals surface area contributed by atoms with E-state index in [-0.39, 0.29) is 11.6 Å². The number of nitrogens with zero attached hydrogens (tertiary/aromatic N) is 4. The van der Waals surface area contributed by atoms with Gasteiger partial charge in [-0.3, -0.25) is 4.90 Å². The molecule has 4 rings (SSSR count). The predicted molar refractivity (Wildman–Crippen MR) is 111 cm³/mol. The zero-order chi connectivity index (χ0) is 19.4. The Bertz CT molecular complexity index is 511. The maximum atomic E-state index is 13.1. The summed E-state index contributed by atoms with van der Waals surface area (Å²) >= 11 is 0. The summed E-state index contributed by atoms with van der Waals surface area (Å²) in [5.41, 5.74) is 0.0934. The Morgan fingerprint density at radius 1 is 1.00 bits per heavy atom. The van der Waals surface area contributed by atoms with Crippen LogP contribution in [0.25, 0.3) is 0 Å². The van der Waals surface area contributed by atoms with Crippen LogP contribution in [0, 0.1) is 0 Å². The number of morpholine rings is 1. The molecule has 0 aliphatic carbocycles. The van der Waals surface area contributed by atoms with Gasteiger partial charge in [0.15, 0.2) is 0 Å².